The summed E-state index contributed by atoms with van der Waals surface area (Å²) >= 11 is 0. The van der Waals surface area contributed by atoms with E-state index < -0.39 is 0 Å². The second-order valence-corrected chi connectivity index (χ2v) is 9.04. The van der Waals surface area contributed by atoms with Gasteiger partial charge in [0.2, 0.25) is 5.91 Å². The number of fused-ring (bicyclic) bond motifs is 1. The summed E-state index contributed by atoms with van der Waals surface area (Å²) in [7, 11) is 0. The van der Waals surface area contributed by atoms with Crippen LogP contribution in [0.5, 0.6) is 5.75 Å². The van der Waals surface area contributed by atoms with E-state index >= 15 is 0 Å². The summed E-state index contributed by atoms with van der Waals surface area (Å²) in [6, 6.07) is 19.4. The fourth-order valence-corrected chi connectivity index (χ4v) is 4.85. The molecule has 0 bridgehead atoms. The molecule has 182 valence electrons. The number of nitrogens with one attached hydrogen (secondary N) is 1. The van der Waals surface area contributed by atoms with Crippen molar-refractivity contribution in [3.63, 3.8) is 0 Å². The Bertz CT molecular complexity index is 1180. The van der Waals surface area contributed by atoms with Gasteiger partial charge < -0.3 is 24.1 Å². The molecule has 2 aliphatic heterocycles. The summed E-state index contributed by atoms with van der Waals surface area (Å²) in [5.41, 5.74) is 3.36. The van der Waals surface area contributed by atoms with Gasteiger partial charge in [-0.05, 0) is 60.2 Å². The van der Waals surface area contributed by atoms with E-state index in [1.807, 2.05) is 35.2 Å². The molecule has 7 heteroatoms. The summed E-state index contributed by atoms with van der Waals surface area (Å²) in [4.78, 5) is 26.7. The summed E-state index contributed by atoms with van der Waals surface area (Å²) in [6.07, 6.45) is 2.89. The van der Waals surface area contributed by atoms with Gasteiger partial charge >= 0.3 is 0 Å². The second-order valence-electron chi connectivity index (χ2n) is 9.04. The number of nitrogens with zero attached hydrogens (tertiary/aromatic N) is 1. The van der Waals surface area contributed by atoms with Gasteiger partial charge in [0.1, 0.15) is 18.1 Å². The Morgan fingerprint density at radius 1 is 1.11 bits per heavy atom. The lowest BCUT2D eigenvalue weighted by molar-refractivity contribution is -0.130. The van der Waals surface area contributed by atoms with Crippen molar-refractivity contribution in [2.24, 2.45) is 0 Å². The van der Waals surface area contributed by atoms with Crippen LogP contribution in [0.1, 0.15) is 58.8 Å². The highest BCUT2D eigenvalue weighted by Gasteiger charge is 2.30. The van der Waals surface area contributed by atoms with Gasteiger partial charge in [0.25, 0.3) is 5.91 Å². The standard InChI is InChI=1S/C28H30N2O5/c1-19(31)30-14-13-20-9-10-22(16-25(20)27(30)21-6-3-2-4-7-21)34-18-24-11-12-26(35-24)28(32)29-17-23-8-5-15-33-23/h2-4,6-7,9-12,16,23,27H,5,8,13-15,17-18H2,1H3,(H,29,32)/t23-,27+/m0/s1. The molecule has 1 fully saturated rings. The van der Waals surface area contributed by atoms with Gasteiger partial charge in [-0.25, -0.2) is 0 Å². The van der Waals surface area contributed by atoms with Crippen LogP contribution in [0, 0.1) is 0 Å². The minimum atomic E-state index is -0.254. The van der Waals surface area contributed by atoms with Crippen molar-refractivity contribution >= 4 is 11.8 Å². The third-order valence-electron chi connectivity index (χ3n) is 6.65. The maximum atomic E-state index is 12.4. The lowest BCUT2D eigenvalue weighted by atomic mass is 9.88. The zero-order valence-corrected chi connectivity index (χ0v) is 19.9. The molecule has 2 aliphatic rings. The molecule has 3 aromatic rings. The molecule has 7 nitrogen and oxygen atoms in total. The van der Waals surface area contributed by atoms with E-state index in [2.05, 4.69) is 23.5 Å². The van der Waals surface area contributed by atoms with Gasteiger partial charge in [-0.1, -0.05) is 36.4 Å². The first-order valence-electron chi connectivity index (χ1n) is 12.1. The Balaban J connectivity index is 1.27. The van der Waals surface area contributed by atoms with Gasteiger partial charge in [0.15, 0.2) is 5.76 Å². The number of hydrogen-bond donors (Lipinski definition) is 1. The molecule has 1 N–H and O–H groups in total. The van der Waals surface area contributed by atoms with Crippen molar-refractivity contribution in [2.45, 2.75) is 44.9 Å². The highest BCUT2D eigenvalue weighted by Crippen LogP contribution is 2.37. The van der Waals surface area contributed by atoms with Gasteiger partial charge in [0, 0.05) is 26.6 Å². The molecule has 0 unspecified atom stereocenters. The van der Waals surface area contributed by atoms with E-state index in [9.17, 15) is 9.59 Å². The van der Waals surface area contributed by atoms with Crippen LogP contribution in [0.2, 0.25) is 0 Å². The van der Waals surface area contributed by atoms with Crippen LogP contribution in [-0.2, 0) is 22.6 Å². The highest BCUT2D eigenvalue weighted by molar-refractivity contribution is 5.91. The zero-order chi connectivity index (χ0) is 24.2. The van der Waals surface area contributed by atoms with Crippen LogP contribution >= 0.6 is 0 Å². The van der Waals surface area contributed by atoms with E-state index in [-0.39, 0.29) is 36.3 Å². The monoisotopic (exact) mass is 474 g/mol. The summed E-state index contributed by atoms with van der Waals surface area (Å²) in [6.45, 7) is 3.74. The number of hydrogen-bond acceptors (Lipinski definition) is 5. The Hall–Kier alpha value is -3.58. The highest BCUT2D eigenvalue weighted by atomic mass is 16.5. The lowest BCUT2D eigenvalue weighted by Gasteiger charge is -2.37. The smallest absolute Gasteiger partial charge is 0.287 e. The van der Waals surface area contributed by atoms with Crippen LogP contribution < -0.4 is 10.1 Å². The number of carbonyl (C=O) groups is 2. The Kier molecular flexibility index (Phi) is 6.86. The molecule has 2 atom stereocenters. The van der Waals surface area contributed by atoms with Crippen molar-refractivity contribution in [3.05, 3.63) is 88.9 Å². The summed E-state index contributed by atoms with van der Waals surface area (Å²) < 4.78 is 17.3. The molecule has 2 amide bonds. The second kappa shape index (κ2) is 10.4. The molecule has 0 radical (unpaired) electrons. The molecule has 1 aromatic heterocycles. The maximum absolute atomic E-state index is 12.4. The van der Waals surface area contributed by atoms with Gasteiger partial charge in [-0.3, -0.25) is 9.59 Å². The van der Waals surface area contributed by atoms with E-state index in [1.165, 1.54) is 5.56 Å². The summed E-state index contributed by atoms with van der Waals surface area (Å²) in [5.74, 6) is 1.31. The minimum absolute atomic E-state index is 0.0525. The third-order valence-corrected chi connectivity index (χ3v) is 6.65. The molecular formula is C28H30N2O5. The van der Waals surface area contributed by atoms with Crippen LogP contribution in [0.3, 0.4) is 0 Å². The average Bonchev–Trinajstić information content (AvgIpc) is 3.58. The molecule has 5 rings (SSSR count). The molecule has 0 spiro atoms. The largest absolute Gasteiger partial charge is 0.486 e. The molecule has 2 aromatic carbocycles. The van der Waals surface area contributed by atoms with E-state index in [1.54, 1.807) is 19.1 Å². The predicted octanol–water partition coefficient (Wildman–Crippen LogP) is 4.26. The normalized spacial score (nSPS) is 19.3. The zero-order valence-electron chi connectivity index (χ0n) is 19.9. The Morgan fingerprint density at radius 2 is 1.97 bits per heavy atom. The topological polar surface area (TPSA) is 81.0 Å². The van der Waals surface area contributed by atoms with Crippen molar-refractivity contribution in [2.75, 3.05) is 19.7 Å². The first-order chi connectivity index (χ1) is 17.1. The molecule has 35 heavy (non-hydrogen) atoms. The minimum Gasteiger partial charge on any atom is -0.486 e. The van der Waals surface area contributed by atoms with Crippen LogP contribution in [0.25, 0.3) is 0 Å². The molecule has 0 aliphatic carbocycles. The fraction of sp³-hybridized carbons (Fsp3) is 0.357. The van der Waals surface area contributed by atoms with E-state index in [0.29, 0.717) is 24.6 Å². The van der Waals surface area contributed by atoms with Crippen LogP contribution in [0.4, 0.5) is 0 Å². The summed E-state index contributed by atoms with van der Waals surface area (Å²) in [5, 5.41) is 2.87. The van der Waals surface area contributed by atoms with Crippen molar-refractivity contribution in [1.82, 2.24) is 10.2 Å². The lowest BCUT2D eigenvalue weighted by Crippen LogP contribution is -2.39. The van der Waals surface area contributed by atoms with Crippen LogP contribution in [-0.4, -0.2) is 42.5 Å². The molecule has 1 saturated heterocycles. The number of benzene rings is 2. The van der Waals surface area contributed by atoms with Crippen molar-refractivity contribution in [1.29, 1.82) is 0 Å². The SMILES string of the molecule is CC(=O)N1CCc2ccc(OCc3ccc(C(=O)NC[C@@H]4CCCO4)o3)cc2[C@H]1c1ccccc1. The maximum Gasteiger partial charge on any atom is 0.287 e. The van der Waals surface area contributed by atoms with Crippen LogP contribution in [0.15, 0.2) is 65.1 Å². The third kappa shape index (κ3) is 5.25. The van der Waals surface area contributed by atoms with Gasteiger partial charge in [-0.15, -0.1) is 0 Å². The number of furan rings is 1. The predicted molar refractivity (Wildman–Crippen MR) is 130 cm³/mol. The first kappa shape index (κ1) is 23.2. The molecule has 3 heterocycles. The van der Waals surface area contributed by atoms with E-state index in [0.717, 1.165) is 37.0 Å². The first-order valence-corrected chi connectivity index (χ1v) is 12.1. The molecule has 0 saturated carbocycles. The van der Waals surface area contributed by atoms with Gasteiger partial charge in [-0.2, -0.15) is 0 Å². The Labute approximate surface area is 205 Å². The molecular weight excluding hydrogens is 444 g/mol. The van der Waals surface area contributed by atoms with Crippen molar-refractivity contribution < 1.29 is 23.5 Å². The van der Waals surface area contributed by atoms with E-state index in [4.69, 9.17) is 13.9 Å². The quantitative estimate of drug-likeness (QED) is 0.553. The average molecular weight is 475 g/mol. The number of ether oxygens (including phenoxy) is 2. The van der Waals surface area contributed by atoms with Gasteiger partial charge in [0.05, 0.1) is 12.1 Å². The number of rotatable bonds is 7. The van der Waals surface area contributed by atoms with Crippen molar-refractivity contribution in [3.8, 4) is 5.75 Å². The Morgan fingerprint density at radius 3 is 2.74 bits per heavy atom. The fourth-order valence-electron chi connectivity index (χ4n) is 4.85. The number of carbonyl (C=O) groups excluding carboxylic acids is 2. The number of amides is 2.